The van der Waals surface area contributed by atoms with Gasteiger partial charge in [0.2, 0.25) is 10.0 Å². The average molecular weight is 323 g/mol. The van der Waals surface area contributed by atoms with E-state index in [1.165, 1.54) is 13.1 Å². The summed E-state index contributed by atoms with van der Waals surface area (Å²) >= 11 is 5.84. The Morgan fingerprint density at radius 2 is 1.90 bits per heavy atom. The second kappa shape index (κ2) is 5.97. The molecular weight excluding hydrogens is 303 g/mol. The molecule has 0 bridgehead atoms. The van der Waals surface area contributed by atoms with Gasteiger partial charge in [0.25, 0.3) is 0 Å². The molecule has 20 heavy (non-hydrogen) atoms. The van der Waals surface area contributed by atoms with Gasteiger partial charge < -0.3 is 5.73 Å². The molecule has 0 radical (unpaired) electrons. The Morgan fingerprint density at radius 3 is 2.35 bits per heavy atom. The summed E-state index contributed by atoms with van der Waals surface area (Å²) in [5.74, 6) is -0.836. The van der Waals surface area contributed by atoms with E-state index < -0.39 is 20.7 Å². The topological polar surface area (TPSA) is 63.4 Å². The van der Waals surface area contributed by atoms with Crippen LogP contribution in [0, 0.1) is 11.2 Å². The fourth-order valence-electron chi connectivity index (χ4n) is 1.88. The van der Waals surface area contributed by atoms with Gasteiger partial charge in [0.15, 0.2) is 0 Å². The molecule has 2 N–H and O–H groups in total. The maximum atomic E-state index is 14.2. The molecule has 0 saturated heterocycles. The van der Waals surface area contributed by atoms with Crippen molar-refractivity contribution in [1.82, 2.24) is 4.31 Å². The van der Waals surface area contributed by atoms with Crippen LogP contribution in [0.25, 0.3) is 0 Å². The van der Waals surface area contributed by atoms with Crippen LogP contribution in [-0.2, 0) is 16.6 Å². The van der Waals surface area contributed by atoms with Crippen molar-refractivity contribution in [2.45, 2.75) is 32.2 Å². The maximum absolute atomic E-state index is 14.2. The van der Waals surface area contributed by atoms with Gasteiger partial charge in [-0.2, -0.15) is 0 Å². The first-order valence-electron chi connectivity index (χ1n) is 6.13. The highest BCUT2D eigenvalue weighted by molar-refractivity contribution is 7.89. The Morgan fingerprint density at radius 1 is 1.35 bits per heavy atom. The van der Waals surface area contributed by atoms with E-state index in [1.807, 2.05) is 20.8 Å². The third kappa shape index (κ3) is 3.91. The molecule has 4 nitrogen and oxygen atoms in total. The number of rotatable bonds is 4. The first-order valence-corrected chi connectivity index (χ1v) is 7.95. The molecule has 0 aliphatic rings. The summed E-state index contributed by atoms with van der Waals surface area (Å²) in [6.45, 7) is 5.85. The second-order valence-electron chi connectivity index (χ2n) is 5.90. The lowest BCUT2D eigenvalue weighted by Crippen LogP contribution is -2.35. The molecule has 0 heterocycles. The van der Waals surface area contributed by atoms with Gasteiger partial charge in [-0.05, 0) is 17.5 Å². The van der Waals surface area contributed by atoms with Gasteiger partial charge in [0.1, 0.15) is 10.7 Å². The first-order chi connectivity index (χ1) is 8.99. The van der Waals surface area contributed by atoms with Crippen LogP contribution in [0.1, 0.15) is 26.3 Å². The Kier molecular flexibility index (Phi) is 5.18. The molecule has 0 atom stereocenters. The number of nitrogens with zero attached hydrogens (tertiary/aromatic N) is 1. The van der Waals surface area contributed by atoms with Crippen LogP contribution >= 0.6 is 11.6 Å². The minimum Gasteiger partial charge on any atom is -0.326 e. The summed E-state index contributed by atoms with van der Waals surface area (Å²) in [5, 5.41) is 0.148. The molecule has 0 aliphatic carbocycles. The van der Waals surface area contributed by atoms with Crippen LogP contribution in [0.5, 0.6) is 0 Å². The van der Waals surface area contributed by atoms with Crippen LogP contribution < -0.4 is 5.73 Å². The summed E-state index contributed by atoms with van der Waals surface area (Å²) in [4.78, 5) is -0.433. The predicted octanol–water partition coefficient (Wildman–Crippen LogP) is 2.60. The lowest BCUT2D eigenvalue weighted by Gasteiger charge is -2.26. The van der Waals surface area contributed by atoms with Crippen LogP contribution in [0.2, 0.25) is 5.02 Å². The molecule has 1 rings (SSSR count). The smallest absolute Gasteiger partial charge is 0.245 e. The molecule has 0 fully saturated rings. The number of hydrogen-bond donors (Lipinski definition) is 1. The summed E-state index contributed by atoms with van der Waals surface area (Å²) in [6.07, 6.45) is 0. The second-order valence-corrected chi connectivity index (χ2v) is 8.35. The van der Waals surface area contributed by atoms with Crippen LogP contribution in [0.3, 0.4) is 0 Å². The quantitative estimate of drug-likeness (QED) is 0.926. The van der Waals surface area contributed by atoms with Crippen molar-refractivity contribution in [1.29, 1.82) is 0 Å². The largest absolute Gasteiger partial charge is 0.326 e. The molecule has 7 heteroatoms. The number of halogens is 2. The molecule has 1 aromatic rings. The molecule has 114 valence electrons. The van der Waals surface area contributed by atoms with E-state index in [0.29, 0.717) is 0 Å². The van der Waals surface area contributed by atoms with Crippen molar-refractivity contribution >= 4 is 21.6 Å². The van der Waals surface area contributed by atoms with Gasteiger partial charge in [-0.15, -0.1) is 0 Å². The van der Waals surface area contributed by atoms with Crippen molar-refractivity contribution in [3.05, 3.63) is 28.5 Å². The molecule has 0 saturated carbocycles. The lowest BCUT2D eigenvalue weighted by molar-refractivity contribution is 0.310. The number of nitrogens with two attached hydrogens (primary N) is 1. The van der Waals surface area contributed by atoms with E-state index >= 15 is 0 Å². The molecular formula is C13H20ClFN2O2S. The van der Waals surface area contributed by atoms with Gasteiger partial charge in [0.05, 0.1) is 0 Å². The highest BCUT2D eigenvalue weighted by Gasteiger charge is 2.29. The Bertz CT molecular complexity index is 597. The zero-order chi connectivity index (χ0) is 15.7. The summed E-state index contributed by atoms with van der Waals surface area (Å²) in [7, 11) is -2.52. The monoisotopic (exact) mass is 322 g/mol. The van der Waals surface area contributed by atoms with E-state index in [4.69, 9.17) is 17.3 Å². The number of benzene rings is 1. The van der Waals surface area contributed by atoms with Gasteiger partial charge in [-0.1, -0.05) is 32.4 Å². The fraction of sp³-hybridized carbons (Fsp3) is 0.538. The number of hydrogen-bond acceptors (Lipinski definition) is 3. The molecule has 0 amide bonds. The van der Waals surface area contributed by atoms with Crippen molar-refractivity contribution in [3.63, 3.8) is 0 Å². The standard InChI is InChI=1S/C13H20ClFN2O2S/c1-13(2,3)8-17(4)20(18,19)11-6-10(14)5-9(7-16)12(11)15/h5-6H,7-8,16H2,1-4H3. The molecule has 0 unspecified atom stereocenters. The normalized spacial score (nSPS) is 13.0. The van der Waals surface area contributed by atoms with Crippen LogP contribution in [-0.4, -0.2) is 26.3 Å². The van der Waals surface area contributed by atoms with E-state index in [1.54, 1.807) is 0 Å². The highest BCUT2D eigenvalue weighted by Crippen LogP contribution is 2.27. The van der Waals surface area contributed by atoms with E-state index in [2.05, 4.69) is 0 Å². The average Bonchev–Trinajstić information content (AvgIpc) is 2.29. The van der Waals surface area contributed by atoms with Crippen LogP contribution in [0.4, 0.5) is 4.39 Å². The summed E-state index contributed by atoms with van der Waals surface area (Å²) in [6, 6.07) is 2.45. The zero-order valence-corrected chi connectivity index (χ0v) is 13.6. The minimum absolute atomic E-state index is 0.0835. The third-order valence-corrected chi connectivity index (χ3v) is 4.71. The zero-order valence-electron chi connectivity index (χ0n) is 12.1. The summed E-state index contributed by atoms with van der Waals surface area (Å²) in [5.41, 5.74) is 5.24. The van der Waals surface area contributed by atoms with E-state index in [0.717, 1.165) is 10.4 Å². The van der Waals surface area contributed by atoms with Gasteiger partial charge >= 0.3 is 0 Å². The highest BCUT2D eigenvalue weighted by atomic mass is 35.5. The maximum Gasteiger partial charge on any atom is 0.245 e. The van der Waals surface area contributed by atoms with Crippen molar-refractivity contribution < 1.29 is 12.8 Å². The van der Waals surface area contributed by atoms with Gasteiger partial charge in [-0.25, -0.2) is 17.1 Å². The third-order valence-electron chi connectivity index (χ3n) is 2.68. The van der Waals surface area contributed by atoms with Gasteiger partial charge in [-0.3, -0.25) is 0 Å². The number of sulfonamides is 1. The minimum atomic E-state index is -3.94. The molecule has 0 aromatic heterocycles. The molecule has 0 spiro atoms. The van der Waals surface area contributed by atoms with Crippen LogP contribution in [0.15, 0.2) is 17.0 Å². The first kappa shape index (κ1) is 17.4. The Hall–Kier alpha value is -0.690. The Labute approximate surface area is 124 Å². The Balaban J connectivity index is 3.32. The predicted molar refractivity (Wildman–Crippen MR) is 78.6 cm³/mol. The summed E-state index contributed by atoms with van der Waals surface area (Å²) < 4.78 is 40.2. The van der Waals surface area contributed by atoms with Gasteiger partial charge in [0, 0.05) is 30.7 Å². The van der Waals surface area contributed by atoms with Crippen molar-refractivity contribution in [2.24, 2.45) is 11.1 Å². The molecule has 0 aliphatic heterocycles. The van der Waals surface area contributed by atoms with E-state index in [9.17, 15) is 12.8 Å². The van der Waals surface area contributed by atoms with Crippen molar-refractivity contribution in [3.8, 4) is 0 Å². The molecule has 1 aromatic carbocycles. The fourth-order valence-corrected chi connectivity index (χ4v) is 3.71. The van der Waals surface area contributed by atoms with Crippen molar-refractivity contribution in [2.75, 3.05) is 13.6 Å². The lowest BCUT2D eigenvalue weighted by atomic mass is 9.97. The SMILES string of the molecule is CN(CC(C)(C)C)S(=O)(=O)c1cc(Cl)cc(CN)c1F. The van der Waals surface area contributed by atoms with E-state index in [-0.39, 0.29) is 29.1 Å².